The fraction of sp³-hybridized carbons (Fsp3) is 0.222. The fourth-order valence-electron chi connectivity index (χ4n) is 1.43. The van der Waals surface area contributed by atoms with E-state index in [1.165, 1.54) is 23.1 Å². The van der Waals surface area contributed by atoms with Crippen LogP contribution in [0.3, 0.4) is 0 Å². The maximum atomic E-state index is 11.3. The predicted molar refractivity (Wildman–Crippen MR) is 56.8 cm³/mol. The summed E-state index contributed by atoms with van der Waals surface area (Å²) in [7, 11) is 0. The molecule has 1 saturated heterocycles. The van der Waals surface area contributed by atoms with Crippen molar-refractivity contribution in [1.82, 2.24) is 0 Å². The number of anilines is 1. The van der Waals surface area contributed by atoms with Gasteiger partial charge in [0.2, 0.25) is 0 Å². The van der Waals surface area contributed by atoms with Gasteiger partial charge in [-0.3, -0.25) is 15.0 Å². The topological polar surface area (TPSA) is 72.7 Å². The number of carbonyl (C=O) groups is 1. The van der Waals surface area contributed by atoms with Crippen LogP contribution in [0.4, 0.5) is 16.2 Å². The number of cyclic esters (lactones) is 1. The SMILES string of the molecule is O=C1OCCN1c1cc([N+](=O)[O-])ccc1Cl. The van der Waals surface area contributed by atoms with Crippen LogP contribution in [0.1, 0.15) is 0 Å². The molecule has 0 bridgehead atoms. The molecule has 0 spiro atoms. The third-order valence-electron chi connectivity index (χ3n) is 2.19. The monoisotopic (exact) mass is 242 g/mol. The number of rotatable bonds is 2. The number of nitrogens with zero attached hydrogens (tertiary/aromatic N) is 2. The molecule has 1 aliphatic rings. The van der Waals surface area contributed by atoms with Gasteiger partial charge in [-0.2, -0.15) is 0 Å². The Balaban J connectivity index is 2.42. The van der Waals surface area contributed by atoms with Gasteiger partial charge < -0.3 is 4.74 Å². The van der Waals surface area contributed by atoms with E-state index >= 15 is 0 Å². The third kappa shape index (κ3) is 1.79. The lowest BCUT2D eigenvalue weighted by atomic mass is 10.2. The number of nitro benzene ring substituents is 1. The lowest BCUT2D eigenvalue weighted by Crippen LogP contribution is -2.23. The summed E-state index contributed by atoms with van der Waals surface area (Å²) in [5.41, 5.74) is 0.192. The lowest BCUT2D eigenvalue weighted by molar-refractivity contribution is -0.384. The number of halogens is 1. The highest BCUT2D eigenvalue weighted by molar-refractivity contribution is 6.33. The van der Waals surface area contributed by atoms with Crippen LogP contribution in [-0.2, 0) is 4.74 Å². The van der Waals surface area contributed by atoms with E-state index in [1.807, 2.05) is 0 Å². The highest BCUT2D eigenvalue weighted by Gasteiger charge is 2.26. The minimum atomic E-state index is -0.540. The Morgan fingerprint density at radius 1 is 1.50 bits per heavy atom. The van der Waals surface area contributed by atoms with E-state index < -0.39 is 11.0 Å². The Morgan fingerprint density at radius 3 is 2.81 bits per heavy atom. The molecular formula is C9H7ClN2O4. The van der Waals surface area contributed by atoms with Gasteiger partial charge in [-0.1, -0.05) is 11.6 Å². The molecule has 1 aromatic rings. The summed E-state index contributed by atoms with van der Waals surface area (Å²) in [6, 6.07) is 3.93. The number of non-ortho nitro benzene ring substituents is 1. The Kier molecular flexibility index (Phi) is 2.66. The van der Waals surface area contributed by atoms with Gasteiger partial charge in [-0.05, 0) is 6.07 Å². The van der Waals surface area contributed by atoms with Crippen molar-refractivity contribution >= 4 is 29.1 Å². The summed E-state index contributed by atoms with van der Waals surface area (Å²) >= 11 is 5.87. The standard InChI is InChI=1S/C9H7ClN2O4/c10-7-2-1-6(12(14)15)5-8(7)11-3-4-16-9(11)13/h1-2,5H,3-4H2. The first kappa shape index (κ1) is 10.7. The summed E-state index contributed by atoms with van der Waals surface area (Å²) in [5.74, 6) is 0. The summed E-state index contributed by atoms with van der Waals surface area (Å²) < 4.78 is 4.73. The van der Waals surface area contributed by atoms with E-state index in [0.717, 1.165) is 0 Å². The quantitative estimate of drug-likeness (QED) is 0.589. The Morgan fingerprint density at radius 2 is 2.25 bits per heavy atom. The van der Waals surface area contributed by atoms with Crippen LogP contribution in [-0.4, -0.2) is 24.2 Å². The molecule has 7 heteroatoms. The maximum absolute atomic E-state index is 11.3. The van der Waals surface area contributed by atoms with Gasteiger partial charge in [0.05, 0.1) is 22.2 Å². The molecule has 0 N–H and O–H groups in total. The summed E-state index contributed by atoms with van der Waals surface area (Å²) in [6.45, 7) is 0.609. The van der Waals surface area contributed by atoms with Crippen molar-refractivity contribution in [2.24, 2.45) is 0 Å². The molecule has 1 amide bonds. The zero-order valence-corrected chi connectivity index (χ0v) is 8.81. The first-order valence-corrected chi connectivity index (χ1v) is 4.85. The fourth-order valence-corrected chi connectivity index (χ4v) is 1.65. The first-order chi connectivity index (χ1) is 7.59. The van der Waals surface area contributed by atoms with E-state index in [0.29, 0.717) is 12.2 Å². The number of carbonyl (C=O) groups excluding carboxylic acids is 1. The zero-order valence-electron chi connectivity index (χ0n) is 8.05. The van der Waals surface area contributed by atoms with Gasteiger partial charge >= 0.3 is 6.09 Å². The van der Waals surface area contributed by atoms with Crippen molar-refractivity contribution in [2.75, 3.05) is 18.1 Å². The largest absolute Gasteiger partial charge is 0.447 e. The summed E-state index contributed by atoms with van der Waals surface area (Å²) in [4.78, 5) is 22.6. The van der Waals surface area contributed by atoms with Crippen molar-refractivity contribution in [1.29, 1.82) is 0 Å². The van der Waals surface area contributed by atoms with Gasteiger partial charge in [-0.15, -0.1) is 0 Å². The molecule has 1 heterocycles. The van der Waals surface area contributed by atoms with Crippen LogP contribution in [0.2, 0.25) is 5.02 Å². The van der Waals surface area contributed by atoms with Gasteiger partial charge in [0.1, 0.15) is 6.61 Å². The van der Waals surface area contributed by atoms with E-state index in [-0.39, 0.29) is 17.3 Å². The van der Waals surface area contributed by atoms with E-state index in [2.05, 4.69) is 0 Å². The summed E-state index contributed by atoms with van der Waals surface area (Å²) in [6.07, 6.45) is -0.539. The Labute approximate surface area is 95.5 Å². The molecule has 2 rings (SSSR count). The molecule has 6 nitrogen and oxygen atoms in total. The van der Waals surface area contributed by atoms with Gasteiger partial charge in [0.15, 0.2) is 0 Å². The van der Waals surface area contributed by atoms with Crippen molar-refractivity contribution in [2.45, 2.75) is 0 Å². The zero-order chi connectivity index (χ0) is 11.7. The van der Waals surface area contributed by atoms with Crippen molar-refractivity contribution < 1.29 is 14.5 Å². The minimum Gasteiger partial charge on any atom is -0.447 e. The number of nitro groups is 1. The molecule has 0 atom stereocenters. The normalized spacial score (nSPS) is 15.1. The molecule has 84 valence electrons. The highest BCUT2D eigenvalue weighted by atomic mass is 35.5. The van der Waals surface area contributed by atoms with Crippen LogP contribution < -0.4 is 4.90 Å². The molecular weight excluding hydrogens is 236 g/mol. The molecule has 0 radical (unpaired) electrons. The van der Waals surface area contributed by atoms with Gasteiger partial charge in [0, 0.05) is 12.1 Å². The molecule has 0 unspecified atom stereocenters. The van der Waals surface area contributed by atoms with Crippen LogP contribution in [0, 0.1) is 10.1 Å². The predicted octanol–water partition coefficient (Wildman–Crippen LogP) is 2.20. The third-order valence-corrected chi connectivity index (χ3v) is 2.51. The van der Waals surface area contributed by atoms with E-state index in [1.54, 1.807) is 0 Å². The maximum Gasteiger partial charge on any atom is 0.414 e. The first-order valence-electron chi connectivity index (χ1n) is 4.48. The molecule has 1 aromatic carbocycles. The molecule has 1 fully saturated rings. The molecule has 0 aliphatic carbocycles. The second-order valence-electron chi connectivity index (χ2n) is 3.16. The number of hydrogen-bond acceptors (Lipinski definition) is 4. The average molecular weight is 243 g/mol. The second kappa shape index (κ2) is 3.97. The highest BCUT2D eigenvalue weighted by Crippen LogP contribution is 2.31. The minimum absolute atomic E-state index is 0.112. The van der Waals surface area contributed by atoms with E-state index in [4.69, 9.17) is 16.3 Å². The van der Waals surface area contributed by atoms with Crippen molar-refractivity contribution in [3.8, 4) is 0 Å². The van der Waals surface area contributed by atoms with Crippen LogP contribution in [0.5, 0.6) is 0 Å². The molecule has 0 saturated carbocycles. The number of amides is 1. The molecule has 1 aliphatic heterocycles. The number of ether oxygens (including phenoxy) is 1. The second-order valence-corrected chi connectivity index (χ2v) is 3.57. The smallest absolute Gasteiger partial charge is 0.414 e. The molecule has 0 aromatic heterocycles. The van der Waals surface area contributed by atoms with Crippen molar-refractivity contribution in [3.63, 3.8) is 0 Å². The van der Waals surface area contributed by atoms with Crippen molar-refractivity contribution in [3.05, 3.63) is 33.3 Å². The Hall–Kier alpha value is -1.82. The van der Waals surface area contributed by atoms with Crippen LogP contribution in [0.25, 0.3) is 0 Å². The average Bonchev–Trinajstić information content (AvgIpc) is 2.65. The van der Waals surface area contributed by atoms with E-state index in [9.17, 15) is 14.9 Å². The summed E-state index contributed by atoms with van der Waals surface area (Å²) in [5, 5.41) is 10.9. The van der Waals surface area contributed by atoms with Crippen LogP contribution in [0.15, 0.2) is 18.2 Å². The Bertz CT molecular complexity index is 463. The molecule has 16 heavy (non-hydrogen) atoms. The lowest BCUT2D eigenvalue weighted by Gasteiger charge is -2.13. The van der Waals surface area contributed by atoms with Gasteiger partial charge in [0.25, 0.3) is 5.69 Å². The van der Waals surface area contributed by atoms with Gasteiger partial charge in [-0.25, -0.2) is 4.79 Å². The number of hydrogen-bond donors (Lipinski definition) is 0. The number of benzene rings is 1. The van der Waals surface area contributed by atoms with Crippen LogP contribution >= 0.6 is 11.6 Å².